The number of aromatic nitrogens is 1. The molecular weight excluding hydrogens is 571 g/mol. The molecular formula is C20H26Cl4Ge2N2O. The van der Waals surface area contributed by atoms with Gasteiger partial charge in [-0.3, -0.25) is 4.99 Å². The summed E-state index contributed by atoms with van der Waals surface area (Å²) in [5.41, 5.74) is 5.38. The van der Waals surface area contributed by atoms with Gasteiger partial charge in [-0.1, -0.05) is 52.0 Å². The molecule has 158 valence electrons. The third kappa shape index (κ3) is 10.8. The minimum atomic E-state index is -1.92. The zero-order valence-corrected chi connectivity index (χ0v) is 24.7. The van der Waals surface area contributed by atoms with E-state index >= 15 is 0 Å². The van der Waals surface area contributed by atoms with Crippen LogP contribution in [-0.2, 0) is 0 Å². The van der Waals surface area contributed by atoms with E-state index in [4.69, 9.17) is 39.8 Å². The number of ether oxygens (including phenoxy) is 1. The SMILES string of the molecule is COc1cccc(C(C)=Nc2c(C(C)C)cccc2C(C)C)n1.[Cl][Ge].[Cl][Ge]([Cl])[Cl]. The molecule has 0 unspecified atom stereocenters. The molecule has 0 amide bonds. The summed E-state index contributed by atoms with van der Waals surface area (Å²) in [5.74, 6) is 1.47. The quantitative estimate of drug-likeness (QED) is 0.265. The zero-order chi connectivity index (χ0) is 22.6. The van der Waals surface area contributed by atoms with E-state index in [2.05, 4.69) is 60.9 Å². The number of hydrogen-bond donors (Lipinski definition) is 0. The topological polar surface area (TPSA) is 34.5 Å². The molecule has 0 fully saturated rings. The molecule has 0 saturated carbocycles. The van der Waals surface area contributed by atoms with Crippen molar-refractivity contribution in [3.63, 3.8) is 0 Å². The normalized spacial score (nSPS) is 11.0. The van der Waals surface area contributed by atoms with Gasteiger partial charge in [-0.05, 0) is 36.0 Å². The summed E-state index contributed by atoms with van der Waals surface area (Å²) in [4.78, 5) is 9.43. The fourth-order valence-electron chi connectivity index (χ4n) is 2.60. The third-order valence-corrected chi connectivity index (χ3v) is 3.93. The van der Waals surface area contributed by atoms with Gasteiger partial charge in [0.15, 0.2) is 0 Å². The summed E-state index contributed by atoms with van der Waals surface area (Å²) in [5, 5.41) is 0. The Morgan fingerprint density at radius 2 is 1.41 bits per heavy atom. The molecule has 0 bridgehead atoms. The molecule has 29 heavy (non-hydrogen) atoms. The molecule has 0 aliphatic heterocycles. The Bertz CT molecular complexity index is 743. The Balaban J connectivity index is 0.00000116. The van der Waals surface area contributed by atoms with Gasteiger partial charge in [0.05, 0.1) is 24.2 Å². The van der Waals surface area contributed by atoms with Crippen LogP contribution in [0.15, 0.2) is 41.4 Å². The van der Waals surface area contributed by atoms with Crippen LogP contribution in [0.25, 0.3) is 0 Å². The van der Waals surface area contributed by atoms with Gasteiger partial charge >= 0.3 is 67.2 Å². The number of halogens is 4. The Morgan fingerprint density at radius 1 is 0.966 bits per heavy atom. The fourth-order valence-corrected chi connectivity index (χ4v) is 2.60. The number of nitrogens with zero attached hydrogens (tertiary/aromatic N) is 2. The van der Waals surface area contributed by atoms with Crippen molar-refractivity contribution in [1.29, 1.82) is 0 Å². The molecule has 2 rings (SSSR count). The van der Waals surface area contributed by atoms with Crippen LogP contribution in [-0.4, -0.2) is 45.0 Å². The van der Waals surface area contributed by atoms with E-state index < -0.39 is 11.6 Å². The van der Waals surface area contributed by atoms with Crippen molar-refractivity contribution in [3.05, 3.63) is 53.2 Å². The van der Waals surface area contributed by atoms with Gasteiger partial charge in [-0.15, -0.1) is 0 Å². The van der Waals surface area contributed by atoms with Crippen molar-refractivity contribution in [1.82, 2.24) is 4.98 Å². The number of methoxy groups -OCH3 is 1. The molecule has 9 heteroatoms. The van der Waals surface area contributed by atoms with E-state index in [-0.39, 0.29) is 0 Å². The van der Waals surface area contributed by atoms with Gasteiger partial charge in [0, 0.05) is 6.07 Å². The summed E-state index contributed by atoms with van der Waals surface area (Å²) in [6, 6.07) is 12.2. The molecule has 0 atom stereocenters. The van der Waals surface area contributed by atoms with E-state index in [1.165, 1.54) is 26.7 Å². The molecule has 0 aliphatic rings. The van der Waals surface area contributed by atoms with Crippen molar-refractivity contribution in [3.8, 4) is 5.88 Å². The molecule has 0 saturated heterocycles. The summed E-state index contributed by atoms with van der Waals surface area (Å²) in [6.45, 7) is 10.8. The van der Waals surface area contributed by atoms with Gasteiger partial charge in [0.2, 0.25) is 5.88 Å². The van der Waals surface area contributed by atoms with E-state index in [9.17, 15) is 0 Å². The molecule has 0 aliphatic carbocycles. The van der Waals surface area contributed by atoms with Crippen LogP contribution in [0.2, 0.25) is 0 Å². The summed E-state index contributed by atoms with van der Waals surface area (Å²) < 4.78 is 5.21. The van der Waals surface area contributed by atoms with Crippen molar-refractivity contribution < 1.29 is 4.74 Å². The van der Waals surface area contributed by atoms with Crippen molar-refractivity contribution in [2.45, 2.75) is 46.5 Å². The average Bonchev–Trinajstić information content (AvgIpc) is 2.68. The second-order valence-corrected chi connectivity index (χ2v) is 16.4. The Labute approximate surface area is 204 Å². The van der Waals surface area contributed by atoms with E-state index in [0.29, 0.717) is 17.7 Å². The van der Waals surface area contributed by atoms with Crippen LogP contribution in [0, 0.1) is 0 Å². The average molecular weight is 597 g/mol. The third-order valence-electron chi connectivity index (χ3n) is 3.93. The van der Waals surface area contributed by atoms with Crippen LogP contribution < -0.4 is 4.74 Å². The molecule has 1 aromatic carbocycles. The zero-order valence-electron chi connectivity index (χ0n) is 17.4. The second kappa shape index (κ2) is 15.8. The molecule has 0 spiro atoms. The number of para-hydroxylation sites is 1. The predicted molar refractivity (Wildman–Crippen MR) is 132 cm³/mol. The van der Waals surface area contributed by atoms with Gasteiger partial charge < -0.3 is 4.74 Å². The standard InChI is InChI=1S/C20H26N2O.Cl3Ge.ClGe/c1-13(2)16-9-7-10-17(14(3)4)20(16)21-15(5)18-11-8-12-19(22-18)23-6;1-4(2)3;1-2/h7-14H,1-6H3;;. The fraction of sp³-hybridized carbons (Fsp3) is 0.400. The number of benzene rings is 1. The summed E-state index contributed by atoms with van der Waals surface area (Å²) >= 11 is -0.444. The molecule has 4 radical (unpaired) electrons. The first-order chi connectivity index (χ1) is 13.7. The van der Waals surface area contributed by atoms with Gasteiger partial charge in [-0.2, -0.15) is 0 Å². The first-order valence-corrected chi connectivity index (χ1v) is 19.9. The number of aliphatic imine (C=N–C) groups is 1. The number of rotatable bonds is 5. The minimum absolute atomic E-state index is 0.429. The van der Waals surface area contributed by atoms with Gasteiger partial charge in [0.1, 0.15) is 0 Å². The number of pyridine rings is 1. The molecule has 1 aromatic heterocycles. The first-order valence-electron chi connectivity index (χ1n) is 8.89. The molecule has 2 aromatic rings. The van der Waals surface area contributed by atoms with Crippen LogP contribution in [0.3, 0.4) is 0 Å². The monoisotopic (exact) mass is 598 g/mol. The van der Waals surface area contributed by atoms with Crippen molar-refractivity contribution in [2.24, 2.45) is 4.99 Å². The van der Waals surface area contributed by atoms with Crippen LogP contribution in [0.5, 0.6) is 5.88 Å². The maximum absolute atomic E-state index is 5.21. The van der Waals surface area contributed by atoms with E-state index in [1.807, 2.05) is 25.1 Å². The van der Waals surface area contributed by atoms with Crippen molar-refractivity contribution >= 4 is 78.6 Å². The van der Waals surface area contributed by atoms with Crippen molar-refractivity contribution in [2.75, 3.05) is 7.11 Å². The van der Waals surface area contributed by atoms with Crippen LogP contribution >= 0.6 is 40.0 Å². The Morgan fingerprint density at radius 3 is 1.83 bits per heavy atom. The molecule has 0 N–H and O–H groups in total. The Hall–Kier alpha value is 0.0857. The van der Waals surface area contributed by atoms with E-state index in [0.717, 1.165) is 17.1 Å². The molecule has 3 nitrogen and oxygen atoms in total. The van der Waals surface area contributed by atoms with Gasteiger partial charge in [0.25, 0.3) is 0 Å². The second-order valence-electron chi connectivity index (χ2n) is 6.57. The summed E-state index contributed by atoms with van der Waals surface area (Å²) in [7, 11) is 21.2. The predicted octanol–water partition coefficient (Wildman–Crippen LogP) is 7.47. The first kappa shape index (κ1) is 29.1. The summed E-state index contributed by atoms with van der Waals surface area (Å²) in [6.07, 6.45) is 0. The van der Waals surface area contributed by atoms with Gasteiger partial charge in [-0.25, -0.2) is 4.98 Å². The molecule has 1 heterocycles. The van der Waals surface area contributed by atoms with Crippen LogP contribution in [0.4, 0.5) is 5.69 Å². The number of hydrogen-bond acceptors (Lipinski definition) is 3. The maximum atomic E-state index is 5.21. The Kier molecular flexibility index (Phi) is 15.9. The van der Waals surface area contributed by atoms with E-state index in [1.54, 1.807) is 7.11 Å². The van der Waals surface area contributed by atoms with Crippen LogP contribution in [0.1, 0.15) is 63.3 Å².